The summed E-state index contributed by atoms with van der Waals surface area (Å²) in [6.07, 6.45) is 0. The lowest BCUT2D eigenvalue weighted by Crippen LogP contribution is -2.07. The van der Waals surface area contributed by atoms with Crippen molar-refractivity contribution < 1.29 is 0 Å². The van der Waals surface area contributed by atoms with E-state index >= 15 is 0 Å². The van der Waals surface area contributed by atoms with Crippen LogP contribution in [0.15, 0.2) is 29.6 Å². The van der Waals surface area contributed by atoms with E-state index in [1.807, 2.05) is 0 Å². The Labute approximate surface area is 108 Å². The molecule has 2 heteroatoms. The highest BCUT2D eigenvalue weighted by atomic mass is 32.1. The molecule has 0 spiro atoms. The lowest BCUT2D eigenvalue weighted by Gasteiger charge is -2.18. The first-order chi connectivity index (χ1) is 8.08. The number of hydrogen-bond acceptors (Lipinski definition) is 2. The van der Waals surface area contributed by atoms with Gasteiger partial charge in [0.2, 0.25) is 0 Å². The molecule has 0 saturated carbocycles. The number of hydrogen-bond donors (Lipinski definition) is 1. The summed E-state index contributed by atoms with van der Waals surface area (Å²) in [7, 11) is 0. The maximum absolute atomic E-state index is 3.62. The predicted molar refractivity (Wildman–Crippen MR) is 77.0 cm³/mol. The van der Waals surface area contributed by atoms with Crippen molar-refractivity contribution in [2.24, 2.45) is 0 Å². The average Bonchev–Trinajstić information content (AvgIpc) is 2.76. The van der Waals surface area contributed by atoms with E-state index in [0.29, 0.717) is 6.04 Å². The second-order valence-electron chi connectivity index (χ2n) is 4.66. The Balaban J connectivity index is 2.25. The monoisotopic (exact) mass is 245 g/mol. The third kappa shape index (κ3) is 2.70. The zero-order chi connectivity index (χ0) is 12.4. The topological polar surface area (TPSA) is 12.0 Å². The molecule has 2 rings (SSSR count). The lowest BCUT2D eigenvalue weighted by molar-refractivity contribution is 0.902. The highest BCUT2D eigenvalue weighted by Gasteiger charge is 2.09. The van der Waals surface area contributed by atoms with Crippen molar-refractivity contribution in [1.29, 1.82) is 0 Å². The van der Waals surface area contributed by atoms with Gasteiger partial charge in [-0.2, -0.15) is 0 Å². The van der Waals surface area contributed by atoms with Crippen molar-refractivity contribution in [2.75, 3.05) is 5.32 Å². The fourth-order valence-electron chi connectivity index (χ4n) is 2.23. The normalized spacial score (nSPS) is 12.5. The van der Waals surface area contributed by atoms with Crippen LogP contribution in [0.2, 0.25) is 0 Å². The minimum atomic E-state index is 0.370. The van der Waals surface area contributed by atoms with Crippen LogP contribution in [-0.4, -0.2) is 0 Å². The van der Waals surface area contributed by atoms with E-state index in [4.69, 9.17) is 0 Å². The van der Waals surface area contributed by atoms with Crippen LogP contribution in [0.1, 0.15) is 34.5 Å². The quantitative estimate of drug-likeness (QED) is 0.815. The first kappa shape index (κ1) is 12.2. The van der Waals surface area contributed by atoms with Crippen LogP contribution in [0.3, 0.4) is 0 Å². The number of rotatable bonds is 3. The Hall–Kier alpha value is -1.28. The summed E-state index contributed by atoms with van der Waals surface area (Å²) >= 11 is 1.80. The second kappa shape index (κ2) is 4.92. The third-order valence-electron chi connectivity index (χ3n) is 3.01. The SMILES string of the molecule is Cc1cc(C)c(NC(C)c2cccs2)c(C)c1. The summed E-state index contributed by atoms with van der Waals surface area (Å²) in [6.45, 7) is 8.70. The molecule has 0 fully saturated rings. The van der Waals surface area contributed by atoms with Crippen molar-refractivity contribution in [1.82, 2.24) is 0 Å². The number of nitrogens with one attached hydrogen (secondary N) is 1. The fourth-order valence-corrected chi connectivity index (χ4v) is 2.97. The molecule has 0 aliphatic heterocycles. The summed E-state index contributed by atoms with van der Waals surface area (Å²) < 4.78 is 0. The van der Waals surface area contributed by atoms with E-state index in [2.05, 4.69) is 62.7 Å². The minimum Gasteiger partial charge on any atom is -0.377 e. The van der Waals surface area contributed by atoms with Gasteiger partial charge in [0, 0.05) is 10.6 Å². The molecule has 2 aromatic rings. The molecule has 90 valence electrons. The maximum atomic E-state index is 3.62. The van der Waals surface area contributed by atoms with Gasteiger partial charge in [-0.05, 0) is 50.3 Å². The number of anilines is 1. The standard InChI is InChI=1S/C15H19NS/c1-10-8-11(2)15(12(3)9-10)16-13(4)14-6-5-7-17-14/h5-9,13,16H,1-4H3. The smallest absolute Gasteiger partial charge is 0.0578 e. The largest absolute Gasteiger partial charge is 0.377 e. The molecule has 1 atom stereocenters. The summed E-state index contributed by atoms with van der Waals surface area (Å²) in [5.41, 5.74) is 5.25. The first-order valence-corrected chi connectivity index (χ1v) is 6.83. The van der Waals surface area contributed by atoms with Crippen LogP contribution in [0.4, 0.5) is 5.69 Å². The zero-order valence-electron chi connectivity index (χ0n) is 10.9. The average molecular weight is 245 g/mol. The van der Waals surface area contributed by atoms with Gasteiger partial charge in [-0.25, -0.2) is 0 Å². The van der Waals surface area contributed by atoms with Crippen LogP contribution < -0.4 is 5.32 Å². The zero-order valence-corrected chi connectivity index (χ0v) is 11.7. The molecule has 0 aliphatic rings. The van der Waals surface area contributed by atoms with Crippen LogP contribution in [0.25, 0.3) is 0 Å². The molecule has 1 nitrogen and oxygen atoms in total. The van der Waals surface area contributed by atoms with Crippen molar-refractivity contribution >= 4 is 17.0 Å². The molecule has 0 bridgehead atoms. The van der Waals surface area contributed by atoms with Crippen LogP contribution in [0.5, 0.6) is 0 Å². The molecule has 0 saturated heterocycles. The van der Waals surface area contributed by atoms with Gasteiger partial charge >= 0.3 is 0 Å². The molecule has 1 heterocycles. The Morgan fingerprint density at radius 3 is 2.29 bits per heavy atom. The van der Waals surface area contributed by atoms with Crippen molar-refractivity contribution in [3.8, 4) is 0 Å². The molecule has 0 amide bonds. The van der Waals surface area contributed by atoms with E-state index in [-0.39, 0.29) is 0 Å². The number of aryl methyl sites for hydroxylation is 3. The maximum Gasteiger partial charge on any atom is 0.0578 e. The van der Waals surface area contributed by atoms with Crippen molar-refractivity contribution in [2.45, 2.75) is 33.7 Å². The highest BCUT2D eigenvalue weighted by Crippen LogP contribution is 2.28. The van der Waals surface area contributed by atoms with Gasteiger partial charge in [0.25, 0.3) is 0 Å². The third-order valence-corrected chi connectivity index (χ3v) is 4.06. The summed E-state index contributed by atoms with van der Waals surface area (Å²) in [4.78, 5) is 1.38. The van der Waals surface area contributed by atoms with E-state index in [0.717, 1.165) is 0 Å². The number of benzene rings is 1. The lowest BCUT2D eigenvalue weighted by atomic mass is 10.0. The minimum absolute atomic E-state index is 0.370. The molecular formula is C15H19NS. The molecule has 17 heavy (non-hydrogen) atoms. The van der Waals surface area contributed by atoms with Gasteiger partial charge in [-0.15, -0.1) is 11.3 Å². The molecule has 0 aliphatic carbocycles. The van der Waals surface area contributed by atoms with Gasteiger partial charge in [-0.3, -0.25) is 0 Å². The Morgan fingerprint density at radius 2 is 1.76 bits per heavy atom. The Morgan fingerprint density at radius 1 is 1.12 bits per heavy atom. The van der Waals surface area contributed by atoms with Crippen molar-refractivity contribution in [3.63, 3.8) is 0 Å². The Bertz CT molecular complexity index is 477. The second-order valence-corrected chi connectivity index (χ2v) is 5.63. The predicted octanol–water partition coefficient (Wildman–Crippen LogP) is 4.85. The molecule has 1 unspecified atom stereocenters. The number of thiophene rings is 1. The van der Waals surface area contributed by atoms with Crippen LogP contribution >= 0.6 is 11.3 Å². The fraction of sp³-hybridized carbons (Fsp3) is 0.333. The van der Waals surface area contributed by atoms with E-state index < -0.39 is 0 Å². The highest BCUT2D eigenvalue weighted by molar-refractivity contribution is 7.10. The molecule has 1 aromatic heterocycles. The molecule has 0 radical (unpaired) electrons. The van der Waals surface area contributed by atoms with Crippen molar-refractivity contribution in [3.05, 3.63) is 51.2 Å². The van der Waals surface area contributed by atoms with Gasteiger partial charge in [0.1, 0.15) is 0 Å². The van der Waals surface area contributed by atoms with Gasteiger partial charge < -0.3 is 5.32 Å². The Kier molecular flexibility index (Phi) is 3.53. The summed E-state index contributed by atoms with van der Waals surface area (Å²) in [5.74, 6) is 0. The van der Waals surface area contributed by atoms with E-state index in [1.165, 1.54) is 27.3 Å². The molecule has 1 aromatic carbocycles. The summed E-state index contributed by atoms with van der Waals surface area (Å²) in [6, 6.07) is 9.12. The van der Waals surface area contributed by atoms with E-state index in [9.17, 15) is 0 Å². The van der Waals surface area contributed by atoms with Gasteiger partial charge in [0.05, 0.1) is 6.04 Å². The van der Waals surface area contributed by atoms with Crippen LogP contribution in [-0.2, 0) is 0 Å². The molecular weight excluding hydrogens is 226 g/mol. The first-order valence-electron chi connectivity index (χ1n) is 5.95. The van der Waals surface area contributed by atoms with E-state index in [1.54, 1.807) is 11.3 Å². The van der Waals surface area contributed by atoms with Crippen LogP contribution in [0, 0.1) is 20.8 Å². The molecule has 1 N–H and O–H groups in total. The summed E-state index contributed by atoms with van der Waals surface area (Å²) in [5, 5.41) is 5.75. The van der Waals surface area contributed by atoms with Gasteiger partial charge in [-0.1, -0.05) is 23.8 Å². The van der Waals surface area contributed by atoms with Gasteiger partial charge in [0.15, 0.2) is 0 Å².